The molecule has 3 heterocycles. The van der Waals surface area contributed by atoms with Crippen LogP contribution >= 0.6 is 0 Å². The maximum atomic E-state index is 14.0. The molecule has 2 aliphatic heterocycles. The highest BCUT2D eigenvalue weighted by molar-refractivity contribution is 6.08. The number of fused-ring (bicyclic) bond motifs is 1. The Labute approximate surface area is 354 Å². The van der Waals surface area contributed by atoms with E-state index in [1.807, 2.05) is 45.0 Å². The number of nitrogens with one attached hydrogen (secondary N) is 2. The Kier molecular flexibility index (Phi) is 13.5. The van der Waals surface area contributed by atoms with Gasteiger partial charge in [0.1, 0.15) is 5.60 Å². The molecule has 1 aromatic heterocycles. The summed E-state index contributed by atoms with van der Waals surface area (Å²) in [4.78, 5) is 66.7. The highest BCUT2D eigenvalue weighted by atomic mass is 16.6. The first-order valence-corrected chi connectivity index (χ1v) is 21.5. The van der Waals surface area contributed by atoms with E-state index in [4.69, 9.17) is 9.72 Å². The van der Waals surface area contributed by atoms with Crippen molar-refractivity contribution in [3.05, 3.63) is 113 Å². The number of piperidine rings is 1. The fourth-order valence-electron chi connectivity index (χ4n) is 8.37. The Morgan fingerprint density at radius 3 is 2.38 bits per heavy atom. The number of benzene rings is 3. The predicted octanol–water partition coefficient (Wildman–Crippen LogP) is 7.81. The zero-order valence-electron chi connectivity index (χ0n) is 35.5. The molecule has 0 bridgehead atoms. The minimum absolute atomic E-state index is 0.0585. The Balaban J connectivity index is 1.04. The molecule has 12 nitrogen and oxygen atoms in total. The Bertz CT molecular complexity index is 2180. The minimum atomic E-state index is -0.543. The van der Waals surface area contributed by atoms with E-state index < -0.39 is 5.60 Å². The number of hydrogen-bond donors (Lipinski definition) is 2. The molecule has 2 saturated heterocycles. The number of ether oxygens (including phenoxy) is 1. The van der Waals surface area contributed by atoms with E-state index in [-0.39, 0.29) is 29.9 Å². The summed E-state index contributed by atoms with van der Waals surface area (Å²) in [5.74, 6) is -0.707. The van der Waals surface area contributed by atoms with Crippen molar-refractivity contribution >= 4 is 35.2 Å². The van der Waals surface area contributed by atoms with E-state index in [2.05, 4.69) is 38.6 Å². The summed E-state index contributed by atoms with van der Waals surface area (Å²) in [6.07, 6.45) is 8.52. The number of carbonyl (C=O) groups is 4. The maximum Gasteiger partial charge on any atom is 0.410 e. The molecule has 60 heavy (non-hydrogen) atoms. The van der Waals surface area contributed by atoms with Gasteiger partial charge in [0.2, 0.25) is 0 Å². The van der Waals surface area contributed by atoms with Crippen LogP contribution < -0.4 is 15.5 Å². The zero-order valence-corrected chi connectivity index (χ0v) is 35.5. The van der Waals surface area contributed by atoms with Gasteiger partial charge in [-0.3, -0.25) is 24.3 Å². The number of likely N-dealkylation sites (N-methyl/N-ethyl adjacent to an activating group) is 1. The number of hydrogen-bond acceptors (Lipinski definition) is 8. The molecule has 2 fully saturated rings. The van der Waals surface area contributed by atoms with Gasteiger partial charge in [-0.05, 0) is 132 Å². The average Bonchev–Trinajstić information content (AvgIpc) is 3.51. The molecular weight excluding hydrogens is 755 g/mol. The van der Waals surface area contributed by atoms with Gasteiger partial charge in [-0.1, -0.05) is 30.3 Å². The molecule has 3 aliphatic rings. The first kappa shape index (κ1) is 42.4. The lowest BCUT2D eigenvalue weighted by Gasteiger charge is -2.29. The second-order valence-electron chi connectivity index (χ2n) is 17.2. The van der Waals surface area contributed by atoms with Gasteiger partial charge in [-0.15, -0.1) is 0 Å². The Hall–Kier alpha value is -5.75. The van der Waals surface area contributed by atoms with E-state index in [0.717, 1.165) is 63.8 Å². The van der Waals surface area contributed by atoms with Gasteiger partial charge in [0.25, 0.3) is 17.7 Å². The lowest BCUT2D eigenvalue weighted by atomic mass is 9.87. The van der Waals surface area contributed by atoms with Crippen LogP contribution in [0.25, 0.3) is 11.3 Å². The van der Waals surface area contributed by atoms with Crippen LogP contribution in [0.5, 0.6) is 0 Å². The smallest absolute Gasteiger partial charge is 0.410 e. The normalized spacial score (nSPS) is 17.2. The minimum Gasteiger partial charge on any atom is -0.444 e. The van der Waals surface area contributed by atoms with Crippen molar-refractivity contribution in [3.8, 4) is 11.3 Å². The SMILES string of the molecule is CN(CCN1CCCN(C(=O)OC(C)(C)C)CC1)C(=O)c1cccc(C(=O)Nc2ccc(N3CCCCC3)cc2-c2cc(C(=O)N[C@H]3CCCc4ccccc43)ccn2)c1. The number of pyridine rings is 1. The monoisotopic (exact) mass is 813 g/mol. The van der Waals surface area contributed by atoms with Crippen molar-refractivity contribution in [1.82, 2.24) is 25.0 Å². The van der Waals surface area contributed by atoms with E-state index in [1.165, 1.54) is 17.5 Å². The topological polar surface area (TPSA) is 127 Å². The second kappa shape index (κ2) is 19.1. The Morgan fingerprint density at radius 1 is 0.783 bits per heavy atom. The van der Waals surface area contributed by atoms with Crippen molar-refractivity contribution in [3.63, 3.8) is 0 Å². The molecule has 3 aromatic carbocycles. The van der Waals surface area contributed by atoms with Gasteiger partial charge in [0.05, 0.1) is 17.4 Å². The number of amides is 4. The summed E-state index contributed by atoms with van der Waals surface area (Å²) in [6, 6.07) is 24.6. The molecular formula is C48H59N7O5. The standard InChI is InChI=1S/C48H59N7O5/c1-48(2,3)60-47(59)55-26-12-23-53(29-30-55)28-27-52(4)46(58)37-16-10-15-35(31-37)44(56)51-42-20-19-38(54-24-8-5-9-25-54)33-40(42)43-32-36(21-22-49-43)45(57)50-41-18-11-14-34-13-6-7-17-39(34)41/h6-7,10,13,15-17,19-22,31-33,41H,5,8-9,11-12,14,18,23-30H2,1-4H3,(H,50,57)(H,51,56)/t41-/m0/s1. The fourth-order valence-corrected chi connectivity index (χ4v) is 8.37. The molecule has 0 saturated carbocycles. The van der Waals surface area contributed by atoms with E-state index >= 15 is 0 Å². The molecule has 2 N–H and O–H groups in total. The average molecular weight is 814 g/mol. The zero-order chi connectivity index (χ0) is 42.2. The third kappa shape index (κ3) is 10.7. The number of nitrogens with zero attached hydrogens (tertiary/aromatic N) is 5. The quantitative estimate of drug-likeness (QED) is 0.166. The molecule has 4 amide bonds. The van der Waals surface area contributed by atoms with Crippen molar-refractivity contribution in [1.29, 1.82) is 0 Å². The summed E-state index contributed by atoms with van der Waals surface area (Å²) in [7, 11) is 1.77. The van der Waals surface area contributed by atoms with E-state index in [1.54, 1.807) is 59.4 Å². The van der Waals surface area contributed by atoms with E-state index in [9.17, 15) is 19.2 Å². The van der Waals surface area contributed by atoms with Crippen LogP contribution in [-0.4, -0.2) is 109 Å². The van der Waals surface area contributed by atoms with Gasteiger partial charge >= 0.3 is 6.09 Å². The van der Waals surface area contributed by atoms with Crippen molar-refractivity contribution in [2.45, 2.75) is 77.4 Å². The number of anilines is 2. The van der Waals surface area contributed by atoms with Crippen LogP contribution in [0.1, 0.15) is 108 Å². The third-order valence-electron chi connectivity index (χ3n) is 11.7. The van der Waals surface area contributed by atoms with Gasteiger partial charge in [0.15, 0.2) is 0 Å². The van der Waals surface area contributed by atoms with Crippen LogP contribution in [0.3, 0.4) is 0 Å². The predicted molar refractivity (Wildman–Crippen MR) is 236 cm³/mol. The first-order chi connectivity index (χ1) is 28.9. The first-order valence-electron chi connectivity index (χ1n) is 21.5. The van der Waals surface area contributed by atoms with Crippen LogP contribution in [0, 0.1) is 0 Å². The number of aryl methyl sites for hydroxylation is 1. The van der Waals surface area contributed by atoms with Crippen LogP contribution in [0.15, 0.2) is 85.1 Å². The summed E-state index contributed by atoms with van der Waals surface area (Å²) in [5.41, 5.74) is 6.05. The fraction of sp³-hybridized carbons (Fsp3) is 0.438. The van der Waals surface area contributed by atoms with Crippen LogP contribution in [-0.2, 0) is 11.2 Å². The molecule has 7 rings (SSSR count). The van der Waals surface area contributed by atoms with Crippen molar-refractivity contribution in [2.75, 3.05) is 69.6 Å². The second-order valence-corrected chi connectivity index (χ2v) is 17.2. The highest BCUT2D eigenvalue weighted by Crippen LogP contribution is 2.34. The third-order valence-corrected chi connectivity index (χ3v) is 11.7. The lowest BCUT2D eigenvalue weighted by molar-refractivity contribution is 0.0257. The molecule has 4 aromatic rings. The van der Waals surface area contributed by atoms with E-state index in [0.29, 0.717) is 66.4 Å². The summed E-state index contributed by atoms with van der Waals surface area (Å²) < 4.78 is 5.57. The molecule has 1 aliphatic carbocycles. The lowest BCUT2D eigenvalue weighted by Crippen LogP contribution is -2.40. The molecule has 0 radical (unpaired) electrons. The van der Waals surface area contributed by atoms with Gasteiger partial charge < -0.3 is 30.1 Å². The molecule has 0 spiro atoms. The Morgan fingerprint density at radius 2 is 1.57 bits per heavy atom. The summed E-state index contributed by atoms with van der Waals surface area (Å²) in [5, 5.41) is 6.37. The maximum absolute atomic E-state index is 14.0. The molecule has 1 atom stereocenters. The molecule has 12 heteroatoms. The summed E-state index contributed by atoms with van der Waals surface area (Å²) in [6.45, 7) is 11.4. The molecule has 316 valence electrons. The number of aromatic nitrogens is 1. The van der Waals surface area contributed by atoms with Crippen LogP contribution in [0.4, 0.5) is 16.2 Å². The van der Waals surface area contributed by atoms with Crippen molar-refractivity contribution < 1.29 is 23.9 Å². The van der Waals surface area contributed by atoms with Crippen LogP contribution in [0.2, 0.25) is 0 Å². The summed E-state index contributed by atoms with van der Waals surface area (Å²) >= 11 is 0. The number of carbonyl (C=O) groups excluding carboxylic acids is 4. The largest absolute Gasteiger partial charge is 0.444 e. The highest BCUT2D eigenvalue weighted by Gasteiger charge is 2.26. The molecule has 0 unspecified atom stereocenters. The van der Waals surface area contributed by atoms with Gasteiger partial charge in [-0.25, -0.2) is 4.79 Å². The van der Waals surface area contributed by atoms with Gasteiger partial charge in [-0.2, -0.15) is 0 Å². The number of rotatable bonds is 10. The van der Waals surface area contributed by atoms with Gasteiger partial charge in [0, 0.05) is 87.0 Å². The van der Waals surface area contributed by atoms with Crippen molar-refractivity contribution in [2.24, 2.45) is 0 Å².